The third-order valence-electron chi connectivity index (χ3n) is 3.20. The number of piperazine rings is 1. The minimum absolute atomic E-state index is 0.627. The first kappa shape index (κ1) is 10.7. The van der Waals surface area contributed by atoms with E-state index in [1.807, 2.05) is 0 Å². The molecule has 1 aromatic carbocycles. The molecule has 2 nitrogen and oxygen atoms in total. The molecular weight excluding hydrogens is 184 g/mol. The molecule has 0 amide bonds. The van der Waals surface area contributed by atoms with Crippen molar-refractivity contribution in [2.24, 2.45) is 0 Å². The van der Waals surface area contributed by atoms with Crippen LogP contribution in [0.15, 0.2) is 30.3 Å². The molecule has 15 heavy (non-hydrogen) atoms. The zero-order chi connectivity index (χ0) is 10.7. The lowest BCUT2D eigenvalue weighted by molar-refractivity contribution is 0.169. The molecule has 0 saturated carbocycles. The highest BCUT2D eigenvalue weighted by Crippen LogP contribution is 2.10. The molecule has 1 fully saturated rings. The third-order valence-corrected chi connectivity index (χ3v) is 3.20. The number of nitrogens with one attached hydrogen (secondary N) is 1. The second-order valence-electron chi connectivity index (χ2n) is 4.59. The van der Waals surface area contributed by atoms with Crippen LogP contribution in [-0.4, -0.2) is 37.1 Å². The van der Waals surface area contributed by atoms with E-state index in [0.717, 1.165) is 19.5 Å². The summed E-state index contributed by atoms with van der Waals surface area (Å²) < 4.78 is 0. The highest BCUT2D eigenvalue weighted by atomic mass is 15.2. The maximum atomic E-state index is 3.54. The van der Waals surface area contributed by atoms with E-state index in [9.17, 15) is 0 Å². The van der Waals surface area contributed by atoms with Crippen molar-refractivity contribution < 1.29 is 0 Å². The molecule has 0 aromatic heterocycles. The van der Waals surface area contributed by atoms with Crippen LogP contribution in [-0.2, 0) is 6.42 Å². The van der Waals surface area contributed by atoms with E-state index in [2.05, 4.69) is 54.5 Å². The van der Waals surface area contributed by atoms with Crippen LogP contribution in [0.25, 0.3) is 0 Å². The number of benzene rings is 1. The molecule has 82 valence electrons. The van der Waals surface area contributed by atoms with Crippen LogP contribution in [0.5, 0.6) is 0 Å². The number of hydrogen-bond acceptors (Lipinski definition) is 2. The molecule has 2 rings (SSSR count). The zero-order valence-corrected chi connectivity index (χ0v) is 9.61. The molecule has 0 spiro atoms. The summed E-state index contributed by atoms with van der Waals surface area (Å²) in [5, 5.41) is 3.54. The van der Waals surface area contributed by atoms with Gasteiger partial charge in [-0.25, -0.2) is 0 Å². The molecule has 2 atom stereocenters. The summed E-state index contributed by atoms with van der Waals surface area (Å²) in [5.41, 5.74) is 1.44. The Hall–Kier alpha value is -0.860. The van der Waals surface area contributed by atoms with Gasteiger partial charge in [0.1, 0.15) is 0 Å². The average molecular weight is 204 g/mol. The molecule has 0 unspecified atom stereocenters. The van der Waals surface area contributed by atoms with Crippen molar-refractivity contribution in [1.82, 2.24) is 10.2 Å². The summed E-state index contributed by atoms with van der Waals surface area (Å²) in [6.07, 6.45) is 1.15. The molecule has 1 N–H and O–H groups in total. The van der Waals surface area contributed by atoms with E-state index in [1.54, 1.807) is 0 Å². The van der Waals surface area contributed by atoms with Crippen LogP contribution in [0.1, 0.15) is 12.5 Å². The molecule has 1 aliphatic rings. The van der Waals surface area contributed by atoms with E-state index < -0.39 is 0 Å². The predicted octanol–water partition coefficient (Wildman–Crippen LogP) is 1.52. The minimum atomic E-state index is 0.627. The molecule has 1 heterocycles. The van der Waals surface area contributed by atoms with Gasteiger partial charge in [0.2, 0.25) is 0 Å². The third kappa shape index (κ3) is 2.80. The summed E-state index contributed by atoms with van der Waals surface area (Å²) in [7, 11) is 2.23. The normalized spacial score (nSPS) is 27.9. The number of nitrogens with zero attached hydrogens (tertiary/aromatic N) is 1. The van der Waals surface area contributed by atoms with Crippen molar-refractivity contribution in [3.8, 4) is 0 Å². The maximum Gasteiger partial charge on any atom is 0.0258 e. The fourth-order valence-electron chi connectivity index (χ4n) is 2.25. The van der Waals surface area contributed by atoms with E-state index in [-0.39, 0.29) is 0 Å². The lowest BCUT2D eigenvalue weighted by atomic mass is 10.0. The first-order valence-electron chi connectivity index (χ1n) is 5.73. The molecule has 1 aliphatic heterocycles. The lowest BCUT2D eigenvalue weighted by Crippen LogP contribution is -2.54. The van der Waals surface area contributed by atoms with Crippen LogP contribution < -0.4 is 5.32 Å². The largest absolute Gasteiger partial charge is 0.311 e. The van der Waals surface area contributed by atoms with Crippen molar-refractivity contribution in [2.45, 2.75) is 25.4 Å². The van der Waals surface area contributed by atoms with E-state index in [4.69, 9.17) is 0 Å². The molecule has 0 bridgehead atoms. The van der Waals surface area contributed by atoms with Gasteiger partial charge in [-0.05, 0) is 26.0 Å². The average Bonchev–Trinajstić information content (AvgIpc) is 2.24. The van der Waals surface area contributed by atoms with Crippen LogP contribution >= 0.6 is 0 Å². The van der Waals surface area contributed by atoms with Gasteiger partial charge in [0.25, 0.3) is 0 Å². The molecular formula is C13H20N2. The Morgan fingerprint density at radius 3 is 2.73 bits per heavy atom. The molecule has 1 aromatic rings. The predicted molar refractivity (Wildman–Crippen MR) is 64.0 cm³/mol. The number of hydrogen-bond donors (Lipinski definition) is 1. The fourth-order valence-corrected chi connectivity index (χ4v) is 2.25. The van der Waals surface area contributed by atoms with Gasteiger partial charge < -0.3 is 10.2 Å². The summed E-state index contributed by atoms with van der Waals surface area (Å²) in [6.45, 7) is 4.50. The Balaban J connectivity index is 1.95. The number of rotatable bonds is 2. The SMILES string of the molecule is C[C@H]1CN(C)[C@@H](Cc2ccccc2)CN1. The number of likely N-dealkylation sites (N-methyl/N-ethyl adjacent to an activating group) is 1. The summed E-state index contributed by atoms with van der Waals surface area (Å²) in [5.74, 6) is 0. The van der Waals surface area contributed by atoms with Gasteiger partial charge in [-0.15, -0.1) is 0 Å². The van der Waals surface area contributed by atoms with Crippen molar-refractivity contribution in [2.75, 3.05) is 20.1 Å². The Morgan fingerprint density at radius 2 is 2.07 bits per heavy atom. The first-order chi connectivity index (χ1) is 7.25. The van der Waals surface area contributed by atoms with Gasteiger partial charge in [-0.2, -0.15) is 0 Å². The minimum Gasteiger partial charge on any atom is -0.311 e. The Morgan fingerprint density at radius 1 is 1.33 bits per heavy atom. The highest BCUT2D eigenvalue weighted by Gasteiger charge is 2.22. The summed E-state index contributed by atoms with van der Waals surface area (Å²) in [6, 6.07) is 12.0. The van der Waals surface area contributed by atoms with Gasteiger partial charge in [0.15, 0.2) is 0 Å². The van der Waals surface area contributed by atoms with Crippen LogP contribution in [0.2, 0.25) is 0 Å². The van der Waals surface area contributed by atoms with Gasteiger partial charge in [-0.1, -0.05) is 30.3 Å². The second-order valence-corrected chi connectivity index (χ2v) is 4.59. The van der Waals surface area contributed by atoms with Crippen LogP contribution in [0.4, 0.5) is 0 Å². The van der Waals surface area contributed by atoms with E-state index >= 15 is 0 Å². The van der Waals surface area contributed by atoms with Gasteiger partial charge in [0, 0.05) is 25.2 Å². The van der Waals surface area contributed by atoms with Crippen molar-refractivity contribution in [3.63, 3.8) is 0 Å². The molecule has 0 aliphatic carbocycles. The standard InChI is InChI=1S/C13H20N2/c1-11-10-15(2)13(9-14-11)8-12-6-4-3-5-7-12/h3-7,11,13-14H,8-10H2,1-2H3/t11-,13-/m0/s1. The van der Waals surface area contributed by atoms with Crippen molar-refractivity contribution in [3.05, 3.63) is 35.9 Å². The van der Waals surface area contributed by atoms with Crippen molar-refractivity contribution >= 4 is 0 Å². The Kier molecular flexibility index (Phi) is 3.39. The van der Waals surface area contributed by atoms with E-state index in [1.165, 1.54) is 5.56 Å². The lowest BCUT2D eigenvalue weighted by Gasteiger charge is -2.36. The topological polar surface area (TPSA) is 15.3 Å². The monoisotopic (exact) mass is 204 g/mol. The van der Waals surface area contributed by atoms with Gasteiger partial charge in [-0.3, -0.25) is 0 Å². The zero-order valence-electron chi connectivity index (χ0n) is 9.61. The van der Waals surface area contributed by atoms with Gasteiger partial charge >= 0.3 is 0 Å². The van der Waals surface area contributed by atoms with E-state index in [0.29, 0.717) is 12.1 Å². The Bertz CT molecular complexity index is 297. The Labute approximate surface area is 92.3 Å². The first-order valence-corrected chi connectivity index (χ1v) is 5.73. The smallest absolute Gasteiger partial charge is 0.0258 e. The quantitative estimate of drug-likeness (QED) is 0.786. The van der Waals surface area contributed by atoms with Crippen molar-refractivity contribution in [1.29, 1.82) is 0 Å². The maximum absolute atomic E-state index is 3.54. The second kappa shape index (κ2) is 4.77. The van der Waals surface area contributed by atoms with Crippen LogP contribution in [0, 0.1) is 0 Å². The molecule has 0 radical (unpaired) electrons. The van der Waals surface area contributed by atoms with Gasteiger partial charge in [0.05, 0.1) is 0 Å². The molecule has 2 heteroatoms. The fraction of sp³-hybridized carbons (Fsp3) is 0.538. The summed E-state index contributed by atoms with van der Waals surface area (Å²) in [4.78, 5) is 2.47. The highest BCUT2D eigenvalue weighted by molar-refractivity contribution is 5.16. The van der Waals surface area contributed by atoms with Crippen LogP contribution in [0.3, 0.4) is 0 Å². The molecule has 1 saturated heterocycles. The summed E-state index contributed by atoms with van der Waals surface area (Å²) >= 11 is 0.